The number of rotatable bonds is 6. The number of carbonyl (C=O) groups excluding carboxylic acids is 1. The van der Waals surface area contributed by atoms with E-state index in [4.69, 9.17) is 14.6 Å². The summed E-state index contributed by atoms with van der Waals surface area (Å²) in [6, 6.07) is 12.7. The van der Waals surface area contributed by atoms with Crippen LogP contribution in [0.1, 0.15) is 15.9 Å². The number of ether oxygens (including phenoxy) is 2. The van der Waals surface area contributed by atoms with Crippen molar-refractivity contribution in [1.29, 1.82) is 5.26 Å². The summed E-state index contributed by atoms with van der Waals surface area (Å²) in [5.41, 5.74) is 0.418. The molecular weight excluding hydrogens is 336 g/mol. The molecule has 2 aromatic rings. The summed E-state index contributed by atoms with van der Waals surface area (Å²) in [5, 5.41) is 20.9. The topological polar surface area (TPSA) is 109 Å². The summed E-state index contributed by atoms with van der Waals surface area (Å²) in [4.78, 5) is 23.6. The minimum atomic E-state index is -1.18. The number of methoxy groups -OCH3 is 2. The summed E-state index contributed by atoms with van der Waals surface area (Å²) < 4.78 is 10.3. The monoisotopic (exact) mass is 352 g/mol. The molecule has 0 aliphatic heterocycles. The molecule has 0 fully saturated rings. The van der Waals surface area contributed by atoms with Gasteiger partial charge in [0.15, 0.2) is 11.5 Å². The number of carboxylic acid groups (broad SMARTS) is 1. The third-order valence-electron chi connectivity index (χ3n) is 3.49. The van der Waals surface area contributed by atoms with E-state index in [2.05, 4.69) is 5.32 Å². The fourth-order valence-electron chi connectivity index (χ4n) is 2.23. The lowest BCUT2D eigenvalue weighted by Crippen LogP contribution is -2.16. The average Bonchev–Trinajstić information content (AvgIpc) is 2.65. The Morgan fingerprint density at radius 3 is 2.42 bits per heavy atom. The number of carbonyl (C=O) groups is 2. The lowest BCUT2D eigenvalue weighted by atomic mass is 10.1. The van der Waals surface area contributed by atoms with Crippen LogP contribution in [0.5, 0.6) is 11.5 Å². The maximum Gasteiger partial charge on any atom is 0.337 e. The summed E-state index contributed by atoms with van der Waals surface area (Å²) >= 11 is 0. The molecule has 0 spiro atoms. The third-order valence-corrected chi connectivity index (χ3v) is 3.49. The summed E-state index contributed by atoms with van der Waals surface area (Å²) in [6.45, 7) is 0. The minimum Gasteiger partial charge on any atom is -0.493 e. The van der Waals surface area contributed by atoms with Gasteiger partial charge in [0.05, 0.1) is 25.5 Å². The molecule has 26 heavy (non-hydrogen) atoms. The van der Waals surface area contributed by atoms with Crippen LogP contribution >= 0.6 is 0 Å². The van der Waals surface area contributed by atoms with Gasteiger partial charge in [-0.1, -0.05) is 18.2 Å². The van der Waals surface area contributed by atoms with Crippen molar-refractivity contribution in [2.45, 2.75) is 0 Å². The molecule has 0 bridgehead atoms. The van der Waals surface area contributed by atoms with Crippen molar-refractivity contribution in [2.24, 2.45) is 0 Å². The molecule has 0 saturated carbocycles. The van der Waals surface area contributed by atoms with E-state index in [-0.39, 0.29) is 16.8 Å². The number of hydrogen-bond acceptors (Lipinski definition) is 5. The van der Waals surface area contributed by atoms with Gasteiger partial charge >= 0.3 is 5.97 Å². The van der Waals surface area contributed by atoms with Crippen LogP contribution in [0.25, 0.3) is 6.08 Å². The smallest absolute Gasteiger partial charge is 0.337 e. The molecule has 0 saturated heterocycles. The number of nitriles is 1. The first kappa shape index (κ1) is 18.5. The molecular formula is C19H16N2O5. The molecule has 0 aromatic heterocycles. The SMILES string of the molecule is COc1ccc(C=C(C#N)C(=O)Nc2ccccc2C(=O)O)cc1OC. The maximum atomic E-state index is 12.3. The first-order chi connectivity index (χ1) is 12.5. The zero-order valence-corrected chi connectivity index (χ0v) is 14.1. The number of carboxylic acids is 1. The maximum absolute atomic E-state index is 12.3. The standard InChI is InChI=1S/C19H16N2O5/c1-25-16-8-7-12(10-17(16)26-2)9-13(11-20)18(22)21-15-6-4-3-5-14(15)19(23)24/h3-10H,1-2H3,(H,21,22)(H,23,24). The van der Waals surface area contributed by atoms with Crippen molar-refractivity contribution in [1.82, 2.24) is 0 Å². The number of nitrogens with zero attached hydrogens (tertiary/aromatic N) is 1. The van der Waals surface area contributed by atoms with Gasteiger partial charge in [0.1, 0.15) is 11.6 Å². The summed E-state index contributed by atoms with van der Waals surface area (Å²) in [6.07, 6.45) is 1.38. The van der Waals surface area contributed by atoms with Crippen molar-refractivity contribution in [2.75, 3.05) is 19.5 Å². The average molecular weight is 352 g/mol. The molecule has 0 unspecified atom stereocenters. The van der Waals surface area contributed by atoms with Crippen LogP contribution in [0.2, 0.25) is 0 Å². The van der Waals surface area contributed by atoms with Crippen LogP contribution in [0, 0.1) is 11.3 Å². The second-order valence-corrected chi connectivity index (χ2v) is 5.09. The predicted molar refractivity (Wildman–Crippen MR) is 95.2 cm³/mol. The highest BCUT2D eigenvalue weighted by Gasteiger charge is 2.15. The van der Waals surface area contributed by atoms with Gasteiger partial charge in [-0.2, -0.15) is 5.26 Å². The number of amides is 1. The lowest BCUT2D eigenvalue weighted by Gasteiger charge is -2.09. The Bertz CT molecular complexity index is 912. The van der Waals surface area contributed by atoms with E-state index in [1.807, 2.05) is 6.07 Å². The van der Waals surface area contributed by atoms with E-state index >= 15 is 0 Å². The normalized spacial score (nSPS) is 10.6. The van der Waals surface area contributed by atoms with Gasteiger partial charge in [0, 0.05) is 0 Å². The number of para-hydroxylation sites is 1. The molecule has 0 atom stereocenters. The zero-order valence-electron chi connectivity index (χ0n) is 14.1. The highest BCUT2D eigenvalue weighted by atomic mass is 16.5. The van der Waals surface area contributed by atoms with E-state index in [0.717, 1.165) is 0 Å². The van der Waals surface area contributed by atoms with Crippen LogP contribution in [0.4, 0.5) is 5.69 Å². The van der Waals surface area contributed by atoms with Crippen molar-refractivity contribution in [3.63, 3.8) is 0 Å². The Hall–Kier alpha value is -3.79. The number of nitrogens with one attached hydrogen (secondary N) is 1. The molecule has 7 nitrogen and oxygen atoms in total. The Balaban J connectivity index is 2.31. The molecule has 2 N–H and O–H groups in total. The van der Waals surface area contributed by atoms with Gasteiger partial charge in [-0.15, -0.1) is 0 Å². The van der Waals surface area contributed by atoms with Crippen molar-refractivity contribution >= 4 is 23.6 Å². The fourth-order valence-corrected chi connectivity index (χ4v) is 2.23. The number of hydrogen-bond donors (Lipinski definition) is 2. The van der Waals surface area contributed by atoms with Gasteiger partial charge in [0.25, 0.3) is 5.91 Å². The van der Waals surface area contributed by atoms with Crippen LogP contribution in [0.15, 0.2) is 48.0 Å². The van der Waals surface area contributed by atoms with Gasteiger partial charge < -0.3 is 19.9 Å². The molecule has 0 aliphatic rings. The Morgan fingerprint density at radius 2 is 1.81 bits per heavy atom. The first-order valence-corrected chi connectivity index (χ1v) is 7.47. The Labute approximate surface area is 150 Å². The van der Waals surface area contributed by atoms with E-state index < -0.39 is 11.9 Å². The van der Waals surface area contributed by atoms with Gasteiger partial charge in [-0.25, -0.2) is 4.79 Å². The molecule has 132 valence electrons. The molecule has 1 amide bonds. The Kier molecular flexibility index (Phi) is 5.96. The molecule has 0 radical (unpaired) electrons. The van der Waals surface area contributed by atoms with Crippen LogP contribution in [-0.2, 0) is 4.79 Å². The predicted octanol–water partition coefficient (Wildman–Crippen LogP) is 2.95. The number of anilines is 1. The van der Waals surface area contributed by atoms with Gasteiger partial charge in [-0.05, 0) is 35.9 Å². The van der Waals surface area contributed by atoms with Crippen molar-refractivity contribution in [3.8, 4) is 17.6 Å². The summed E-state index contributed by atoms with van der Waals surface area (Å²) in [5.74, 6) is -0.919. The lowest BCUT2D eigenvalue weighted by molar-refractivity contribution is -0.112. The van der Waals surface area contributed by atoms with Crippen molar-refractivity contribution in [3.05, 3.63) is 59.2 Å². The molecule has 7 heteroatoms. The highest BCUT2D eigenvalue weighted by Crippen LogP contribution is 2.28. The van der Waals surface area contributed by atoms with Crippen LogP contribution in [-0.4, -0.2) is 31.2 Å². The first-order valence-electron chi connectivity index (χ1n) is 7.47. The van der Waals surface area contributed by atoms with Crippen molar-refractivity contribution < 1.29 is 24.2 Å². The fraction of sp³-hybridized carbons (Fsp3) is 0.105. The van der Waals surface area contributed by atoms with Gasteiger partial charge in [0.2, 0.25) is 0 Å². The molecule has 0 aliphatic carbocycles. The second-order valence-electron chi connectivity index (χ2n) is 5.09. The minimum absolute atomic E-state index is 0.0655. The van der Waals surface area contributed by atoms with E-state index in [1.54, 1.807) is 30.3 Å². The third kappa shape index (κ3) is 4.19. The zero-order chi connectivity index (χ0) is 19.1. The van der Waals surface area contributed by atoms with E-state index in [1.165, 1.54) is 32.4 Å². The number of aromatic carboxylic acids is 1. The van der Waals surface area contributed by atoms with Crippen LogP contribution in [0.3, 0.4) is 0 Å². The Morgan fingerprint density at radius 1 is 1.12 bits per heavy atom. The van der Waals surface area contributed by atoms with E-state index in [9.17, 15) is 14.9 Å². The quantitative estimate of drug-likeness (QED) is 0.611. The molecule has 0 heterocycles. The number of benzene rings is 2. The second kappa shape index (κ2) is 8.35. The van der Waals surface area contributed by atoms with Crippen LogP contribution < -0.4 is 14.8 Å². The molecule has 2 rings (SSSR count). The van der Waals surface area contributed by atoms with E-state index in [0.29, 0.717) is 17.1 Å². The van der Waals surface area contributed by atoms with Gasteiger partial charge in [-0.3, -0.25) is 4.79 Å². The highest BCUT2D eigenvalue weighted by molar-refractivity contribution is 6.11. The molecule has 2 aromatic carbocycles. The largest absolute Gasteiger partial charge is 0.493 e. The summed E-state index contributed by atoms with van der Waals surface area (Å²) in [7, 11) is 2.98.